The first-order valence-electron chi connectivity index (χ1n) is 18.0. The molecule has 0 aliphatic heterocycles. The van der Waals surface area contributed by atoms with Gasteiger partial charge in [0.1, 0.15) is 12.7 Å². The van der Waals surface area contributed by atoms with Crippen molar-refractivity contribution in [2.75, 3.05) is 26.2 Å². The second-order valence-electron chi connectivity index (χ2n) is 14.8. The SMILES string of the molecule is CCCCN(CCCC)CC(OC(=O)CCC(=O)OCC(C)(C)OC(C)(C)C)c1cc(Cl)cc2c1-c1ccc(Cl)cc1/C2=C/c1ccc(Cl)cc1. The van der Waals surface area contributed by atoms with E-state index in [1.54, 1.807) is 0 Å². The zero-order valence-electron chi connectivity index (χ0n) is 31.0. The van der Waals surface area contributed by atoms with Crippen LogP contribution in [-0.4, -0.2) is 54.3 Å². The minimum Gasteiger partial charge on any atom is -0.463 e. The molecule has 0 radical (unpaired) electrons. The van der Waals surface area contributed by atoms with Gasteiger partial charge in [0.25, 0.3) is 0 Å². The van der Waals surface area contributed by atoms with Gasteiger partial charge in [0.2, 0.25) is 0 Å². The zero-order chi connectivity index (χ0) is 37.3. The molecule has 0 N–H and O–H groups in total. The molecule has 1 aliphatic carbocycles. The lowest BCUT2D eigenvalue weighted by Crippen LogP contribution is -2.39. The smallest absolute Gasteiger partial charge is 0.307 e. The maximum atomic E-state index is 13.6. The lowest BCUT2D eigenvalue weighted by molar-refractivity contribution is -0.168. The standard InChI is InChI=1S/C42H52Cl3NO5/c1-8-10-20-46(21-11-9-2)26-37(50-39(48)19-18-38(47)49-27-42(6,7)51-41(3,4)5)36-25-31(45)24-35-33(22-28-12-14-29(43)15-13-28)34-23-30(44)16-17-32(34)40(35)36/h12-17,22-25,37H,8-11,18-21,26-27H2,1-7H3/b33-22-. The summed E-state index contributed by atoms with van der Waals surface area (Å²) in [6.45, 7) is 16.3. The highest BCUT2D eigenvalue weighted by Crippen LogP contribution is 2.50. The van der Waals surface area contributed by atoms with Crippen LogP contribution in [-0.2, 0) is 23.8 Å². The summed E-state index contributed by atoms with van der Waals surface area (Å²) in [6, 6.07) is 17.4. The van der Waals surface area contributed by atoms with Crippen LogP contribution in [0.25, 0.3) is 22.8 Å². The van der Waals surface area contributed by atoms with E-state index in [2.05, 4.69) is 24.8 Å². The highest BCUT2D eigenvalue weighted by Gasteiger charge is 2.33. The van der Waals surface area contributed by atoms with Gasteiger partial charge in [-0.25, -0.2) is 0 Å². The zero-order valence-corrected chi connectivity index (χ0v) is 33.3. The maximum absolute atomic E-state index is 13.6. The van der Waals surface area contributed by atoms with Crippen molar-refractivity contribution in [3.05, 3.63) is 91.9 Å². The summed E-state index contributed by atoms with van der Waals surface area (Å²) < 4.78 is 17.9. The van der Waals surface area contributed by atoms with Crippen LogP contribution in [0.1, 0.15) is 115 Å². The molecule has 0 aromatic heterocycles. The van der Waals surface area contributed by atoms with Crippen LogP contribution < -0.4 is 0 Å². The molecule has 9 heteroatoms. The summed E-state index contributed by atoms with van der Waals surface area (Å²) in [5, 5.41) is 1.80. The van der Waals surface area contributed by atoms with Gasteiger partial charge in [-0.1, -0.05) is 79.7 Å². The Morgan fingerprint density at radius 1 is 0.765 bits per heavy atom. The van der Waals surface area contributed by atoms with Crippen molar-refractivity contribution in [2.45, 2.75) is 104 Å². The molecule has 0 amide bonds. The number of carbonyl (C=O) groups excluding carboxylic acids is 2. The fourth-order valence-corrected chi connectivity index (χ4v) is 7.00. The number of ether oxygens (including phenoxy) is 3. The van der Waals surface area contributed by atoms with E-state index in [0.717, 1.165) is 77.7 Å². The average molecular weight is 757 g/mol. The van der Waals surface area contributed by atoms with E-state index in [1.807, 2.05) is 89.2 Å². The van der Waals surface area contributed by atoms with Gasteiger partial charge in [-0.3, -0.25) is 14.5 Å². The van der Waals surface area contributed by atoms with E-state index >= 15 is 0 Å². The van der Waals surface area contributed by atoms with Crippen molar-refractivity contribution >= 4 is 58.4 Å². The van der Waals surface area contributed by atoms with Gasteiger partial charge in [-0.2, -0.15) is 0 Å². The van der Waals surface area contributed by atoms with Crippen molar-refractivity contribution in [3.8, 4) is 11.1 Å². The molecule has 6 nitrogen and oxygen atoms in total. The van der Waals surface area contributed by atoms with E-state index in [0.29, 0.717) is 21.6 Å². The first-order valence-corrected chi connectivity index (χ1v) is 19.1. The molecule has 4 rings (SSSR count). The van der Waals surface area contributed by atoms with Gasteiger partial charge in [0, 0.05) is 27.2 Å². The molecule has 0 saturated heterocycles. The van der Waals surface area contributed by atoms with Crippen molar-refractivity contribution in [2.24, 2.45) is 0 Å². The largest absolute Gasteiger partial charge is 0.463 e. The Labute approximate surface area is 319 Å². The Bertz CT molecular complexity index is 1690. The third-order valence-corrected chi connectivity index (χ3v) is 9.25. The van der Waals surface area contributed by atoms with Crippen molar-refractivity contribution in [1.29, 1.82) is 0 Å². The Morgan fingerprint density at radius 3 is 2.00 bits per heavy atom. The summed E-state index contributed by atoms with van der Waals surface area (Å²) in [5.74, 6) is -0.957. The number of nitrogens with zero attached hydrogens (tertiary/aromatic N) is 1. The lowest BCUT2D eigenvalue weighted by atomic mass is 9.94. The van der Waals surface area contributed by atoms with Crippen molar-refractivity contribution in [1.82, 2.24) is 4.90 Å². The van der Waals surface area contributed by atoms with Crippen LogP contribution in [0.3, 0.4) is 0 Å². The van der Waals surface area contributed by atoms with Gasteiger partial charge in [-0.15, -0.1) is 0 Å². The van der Waals surface area contributed by atoms with Crippen molar-refractivity contribution in [3.63, 3.8) is 0 Å². The predicted octanol–water partition coefficient (Wildman–Crippen LogP) is 11.6. The van der Waals surface area contributed by atoms with Gasteiger partial charge >= 0.3 is 11.9 Å². The summed E-state index contributed by atoms with van der Waals surface area (Å²) in [4.78, 5) is 28.7. The van der Waals surface area contributed by atoms with E-state index in [9.17, 15) is 9.59 Å². The average Bonchev–Trinajstić information content (AvgIpc) is 3.34. The molecular formula is C42H52Cl3NO5. The topological polar surface area (TPSA) is 65.1 Å². The molecule has 1 aliphatic rings. The number of hydrogen-bond donors (Lipinski definition) is 0. The number of unbranched alkanes of at least 4 members (excludes halogenated alkanes) is 2. The molecule has 0 saturated carbocycles. The fraction of sp³-hybridized carbons (Fsp3) is 0.476. The highest BCUT2D eigenvalue weighted by atomic mass is 35.5. The van der Waals surface area contributed by atoms with Crippen LogP contribution >= 0.6 is 34.8 Å². The van der Waals surface area contributed by atoms with Crippen LogP contribution in [0.5, 0.6) is 0 Å². The monoisotopic (exact) mass is 755 g/mol. The number of rotatable bonds is 17. The normalized spacial score (nSPS) is 14.1. The Morgan fingerprint density at radius 2 is 1.37 bits per heavy atom. The summed E-state index contributed by atoms with van der Waals surface area (Å²) in [5.41, 5.74) is 5.53. The Hall–Kier alpha value is -2.87. The molecule has 3 aromatic carbocycles. The predicted molar refractivity (Wildman–Crippen MR) is 211 cm³/mol. The molecular weight excluding hydrogens is 705 g/mol. The fourth-order valence-electron chi connectivity index (χ4n) is 6.48. The second kappa shape index (κ2) is 18.3. The van der Waals surface area contributed by atoms with E-state index in [-0.39, 0.29) is 19.4 Å². The van der Waals surface area contributed by atoms with Crippen LogP contribution in [0.15, 0.2) is 54.6 Å². The molecule has 0 heterocycles. The van der Waals surface area contributed by atoms with E-state index in [4.69, 9.17) is 49.0 Å². The van der Waals surface area contributed by atoms with Gasteiger partial charge in [0.05, 0.1) is 24.0 Å². The first-order chi connectivity index (χ1) is 24.1. The quantitative estimate of drug-likeness (QED) is 0.1000. The summed E-state index contributed by atoms with van der Waals surface area (Å²) in [6.07, 6.45) is 5.38. The van der Waals surface area contributed by atoms with Gasteiger partial charge in [0.15, 0.2) is 0 Å². The third-order valence-electron chi connectivity index (χ3n) is 8.54. The Kier molecular flexibility index (Phi) is 14.6. The first kappa shape index (κ1) is 40.9. The molecule has 1 atom stereocenters. The summed E-state index contributed by atoms with van der Waals surface area (Å²) in [7, 11) is 0. The van der Waals surface area contributed by atoms with Gasteiger partial charge in [-0.05, 0) is 136 Å². The van der Waals surface area contributed by atoms with Crippen LogP contribution in [0.2, 0.25) is 15.1 Å². The van der Waals surface area contributed by atoms with Crippen molar-refractivity contribution < 1.29 is 23.8 Å². The maximum Gasteiger partial charge on any atom is 0.307 e. The number of esters is 2. The molecule has 0 fully saturated rings. The number of benzene rings is 3. The Balaban J connectivity index is 1.69. The number of fused-ring (bicyclic) bond motifs is 3. The molecule has 1 unspecified atom stereocenters. The van der Waals surface area contributed by atoms with Crippen LogP contribution in [0, 0.1) is 0 Å². The molecule has 276 valence electrons. The molecule has 51 heavy (non-hydrogen) atoms. The van der Waals surface area contributed by atoms with E-state index in [1.165, 1.54) is 0 Å². The molecule has 0 bridgehead atoms. The minimum absolute atomic E-state index is 0.0779. The van der Waals surface area contributed by atoms with Crippen LogP contribution in [0.4, 0.5) is 0 Å². The second-order valence-corrected chi connectivity index (χ2v) is 16.1. The minimum atomic E-state index is -0.672. The number of halogens is 3. The third kappa shape index (κ3) is 12.1. The van der Waals surface area contributed by atoms with Gasteiger partial charge < -0.3 is 14.2 Å². The summed E-state index contributed by atoms with van der Waals surface area (Å²) >= 11 is 19.7. The molecule has 3 aromatic rings. The lowest BCUT2D eigenvalue weighted by Gasteiger charge is -2.33. The number of carbonyl (C=O) groups is 2. The van der Waals surface area contributed by atoms with E-state index < -0.39 is 29.2 Å². The highest BCUT2D eigenvalue weighted by molar-refractivity contribution is 6.32. The number of hydrogen-bond acceptors (Lipinski definition) is 6. The molecule has 0 spiro atoms.